The molecule has 1 aliphatic carbocycles. The molecule has 2 unspecified atom stereocenters. The van der Waals surface area contributed by atoms with Gasteiger partial charge in [-0.15, -0.1) is 0 Å². The average Bonchev–Trinajstić information content (AvgIpc) is 2.67. The highest BCUT2D eigenvalue weighted by Crippen LogP contribution is 2.22. The van der Waals surface area contributed by atoms with Gasteiger partial charge in [-0.1, -0.05) is 32.9 Å². The van der Waals surface area contributed by atoms with Crippen LogP contribution in [0.3, 0.4) is 0 Å². The third-order valence-corrected chi connectivity index (χ3v) is 2.50. The molecule has 1 heterocycles. The van der Waals surface area contributed by atoms with Gasteiger partial charge in [-0.3, -0.25) is 4.99 Å². The highest BCUT2D eigenvalue weighted by molar-refractivity contribution is 5.61. The normalized spacial score (nSPS) is 26.9. The second kappa shape index (κ2) is 5.59. The zero-order chi connectivity index (χ0) is 11.3. The van der Waals surface area contributed by atoms with Crippen LogP contribution in [0.2, 0.25) is 0 Å². The predicted molar refractivity (Wildman–Crippen MR) is 65.8 cm³/mol. The highest BCUT2D eigenvalue weighted by atomic mass is 15.3. The smallest absolute Gasteiger partial charge is 0.115 e. The Kier molecular flexibility index (Phi) is 4.40. The van der Waals surface area contributed by atoms with Gasteiger partial charge in [0.2, 0.25) is 0 Å². The van der Waals surface area contributed by atoms with Gasteiger partial charge in [0.05, 0.1) is 12.4 Å². The Hall–Kier alpha value is -1.25. The number of hydrogen-bond acceptors (Lipinski definition) is 3. The first-order valence-corrected chi connectivity index (χ1v) is 5.76. The van der Waals surface area contributed by atoms with Gasteiger partial charge >= 0.3 is 0 Å². The summed E-state index contributed by atoms with van der Waals surface area (Å²) in [5, 5.41) is 0. The highest BCUT2D eigenvalue weighted by Gasteiger charge is 2.30. The van der Waals surface area contributed by atoms with E-state index in [4.69, 9.17) is 5.73 Å². The lowest BCUT2D eigenvalue weighted by Crippen LogP contribution is -2.38. The van der Waals surface area contributed by atoms with E-state index in [-0.39, 0.29) is 6.04 Å². The predicted octanol–water partition coefficient (Wildman–Crippen LogP) is 1.92. The Morgan fingerprint density at radius 1 is 1.47 bits per heavy atom. The first-order valence-electron chi connectivity index (χ1n) is 5.76. The van der Waals surface area contributed by atoms with Crippen LogP contribution in [0.4, 0.5) is 0 Å². The van der Waals surface area contributed by atoms with E-state index >= 15 is 0 Å². The van der Waals surface area contributed by atoms with Crippen LogP contribution in [0.5, 0.6) is 0 Å². The van der Waals surface area contributed by atoms with Crippen LogP contribution < -0.4 is 5.73 Å². The largest absolute Gasteiger partial charge is 0.400 e. The molecular formula is C12H21N3. The maximum Gasteiger partial charge on any atom is 0.115 e. The minimum absolute atomic E-state index is 0.163. The number of fused-ring (bicyclic) bond motifs is 1. The Morgan fingerprint density at radius 2 is 2.20 bits per heavy atom. The molecule has 0 amide bonds. The maximum atomic E-state index is 5.85. The van der Waals surface area contributed by atoms with Crippen LogP contribution in [0.15, 0.2) is 28.9 Å². The van der Waals surface area contributed by atoms with Gasteiger partial charge in [0.25, 0.3) is 0 Å². The Balaban J connectivity index is 0.000000531. The van der Waals surface area contributed by atoms with Gasteiger partial charge < -0.3 is 10.6 Å². The summed E-state index contributed by atoms with van der Waals surface area (Å²) in [5.41, 5.74) is 6.72. The lowest BCUT2D eigenvalue weighted by Gasteiger charge is -2.26. The fourth-order valence-corrected chi connectivity index (χ4v) is 1.85. The van der Waals surface area contributed by atoms with Gasteiger partial charge in [-0.05, 0) is 12.5 Å². The molecule has 1 aliphatic heterocycles. The molecule has 2 rings (SSSR count). The first kappa shape index (κ1) is 11.8. The molecule has 84 valence electrons. The summed E-state index contributed by atoms with van der Waals surface area (Å²) in [5.74, 6) is 0. The molecule has 0 saturated heterocycles. The molecule has 15 heavy (non-hydrogen) atoms. The number of nitrogens with zero attached hydrogens (tertiary/aromatic N) is 2. The molecule has 0 aromatic carbocycles. The molecule has 3 heteroatoms. The Labute approximate surface area is 92.4 Å². The van der Waals surface area contributed by atoms with Crippen molar-refractivity contribution in [1.82, 2.24) is 4.90 Å². The summed E-state index contributed by atoms with van der Waals surface area (Å²) in [4.78, 5) is 6.65. The fourth-order valence-electron chi connectivity index (χ4n) is 1.85. The number of rotatable bonds is 2. The van der Waals surface area contributed by atoms with Crippen LogP contribution in [0, 0.1) is 0 Å². The molecule has 0 aromatic rings. The third kappa shape index (κ3) is 2.41. The lowest BCUT2D eigenvalue weighted by molar-refractivity contribution is 0.370. The van der Waals surface area contributed by atoms with Gasteiger partial charge in [0.1, 0.15) is 6.04 Å². The zero-order valence-electron chi connectivity index (χ0n) is 9.85. The molecule has 0 fully saturated rings. The molecule has 2 aliphatic rings. The summed E-state index contributed by atoms with van der Waals surface area (Å²) in [6, 6.07) is 0.529. The Bertz CT molecular complexity index is 279. The monoisotopic (exact) mass is 207 g/mol. The van der Waals surface area contributed by atoms with E-state index in [1.54, 1.807) is 0 Å². The maximum absolute atomic E-state index is 5.85. The van der Waals surface area contributed by atoms with E-state index in [9.17, 15) is 0 Å². The van der Waals surface area contributed by atoms with Crippen molar-refractivity contribution in [3.8, 4) is 0 Å². The second-order valence-electron chi connectivity index (χ2n) is 3.49. The topological polar surface area (TPSA) is 41.6 Å². The van der Waals surface area contributed by atoms with Crippen LogP contribution in [0.1, 0.15) is 27.2 Å². The van der Waals surface area contributed by atoms with Crippen LogP contribution in [-0.4, -0.2) is 29.9 Å². The number of aliphatic imine (C=N–C) groups is 1. The quantitative estimate of drug-likeness (QED) is 0.751. The molecule has 0 radical (unpaired) electrons. The summed E-state index contributed by atoms with van der Waals surface area (Å²) in [6.45, 7) is 7.23. The van der Waals surface area contributed by atoms with E-state index in [2.05, 4.69) is 22.9 Å². The molecule has 0 saturated carbocycles. The van der Waals surface area contributed by atoms with Crippen LogP contribution in [-0.2, 0) is 0 Å². The van der Waals surface area contributed by atoms with E-state index < -0.39 is 0 Å². The molecule has 2 atom stereocenters. The molecule has 0 bridgehead atoms. The molecule has 0 aromatic heterocycles. The molecule has 3 nitrogen and oxygen atoms in total. The Morgan fingerprint density at radius 3 is 2.87 bits per heavy atom. The van der Waals surface area contributed by atoms with E-state index in [1.165, 1.54) is 0 Å². The minimum Gasteiger partial charge on any atom is -0.400 e. The van der Waals surface area contributed by atoms with Crippen molar-refractivity contribution in [1.29, 1.82) is 0 Å². The van der Waals surface area contributed by atoms with Gasteiger partial charge in [0, 0.05) is 12.2 Å². The zero-order valence-corrected chi connectivity index (χ0v) is 9.85. The molecule has 2 N–H and O–H groups in total. The van der Waals surface area contributed by atoms with Gasteiger partial charge in [-0.25, -0.2) is 0 Å². The van der Waals surface area contributed by atoms with E-state index in [1.807, 2.05) is 32.3 Å². The van der Waals surface area contributed by atoms with E-state index in [0.717, 1.165) is 18.7 Å². The SMILES string of the molecule is CC.CCCN1C=NC2C(N)=CC=CC21. The number of allylic oxidation sites excluding steroid dienone is 2. The molecular weight excluding hydrogens is 186 g/mol. The first-order chi connectivity index (χ1) is 7.33. The summed E-state index contributed by atoms with van der Waals surface area (Å²) >= 11 is 0. The third-order valence-electron chi connectivity index (χ3n) is 2.50. The standard InChI is InChI=1S/C10H15N3.C2H6/c1-2-6-13-7-12-10-8(11)4-3-5-9(10)13;1-2/h3-5,7,9-10H,2,6,11H2,1H3;1-2H3. The van der Waals surface area contributed by atoms with Crippen molar-refractivity contribution in [2.24, 2.45) is 10.7 Å². The van der Waals surface area contributed by atoms with E-state index in [0.29, 0.717) is 6.04 Å². The van der Waals surface area contributed by atoms with Crippen molar-refractivity contribution in [3.05, 3.63) is 23.9 Å². The van der Waals surface area contributed by atoms with Crippen molar-refractivity contribution in [2.75, 3.05) is 6.54 Å². The van der Waals surface area contributed by atoms with Crippen molar-refractivity contribution in [3.63, 3.8) is 0 Å². The van der Waals surface area contributed by atoms with Crippen molar-refractivity contribution in [2.45, 2.75) is 39.3 Å². The molecule has 0 spiro atoms. The summed E-state index contributed by atoms with van der Waals surface area (Å²) < 4.78 is 0. The summed E-state index contributed by atoms with van der Waals surface area (Å²) in [7, 11) is 0. The lowest BCUT2D eigenvalue weighted by atomic mass is 10.0. The van der Waals surface area contributed by atoms with Gasteiger partial charge in [0.15, 0.2) is 0 Å². The number of nitrogens with two attached hydrogens (primary N) is 1. The van der Waals surface area contributed by atoms with Gasteiger partial charge in [-0.2, -0.15) is 0 Å². The minimum atomic E-state index is 0.163. The van der Waals surface area contributed by atoms with Crippen LogP contribution in [0.25, 0.3) is 0 Å². The summed E-state index contributed by atoms with van der Waals surface area (Å²) in [6.07, 6.45) is 9.20. The second-order valence-corrected chi connectivity index (χ2v) is 3.49. The fraction of sp³-hybridized carbons (Fsp3) is 0.583. The number of hydrogen-bond donors (Lipinski definition) is 1. The average molecular weight is 207 g/mol. The van der Waals surface area contributed by atoms with Crippen LogP contribution >= 0.6 is 0 Å². The van der Waals surface area contributed by atoms with Crippen molar-refractivity contribution < 1.29 is 0 Å². The van der Waals surface area contributed by atoms with Crippen molar-refractivity contribution >= 4 is 6.34 Å².